The average Bonchev–Trinajstić information content (AvgIpc) is 2.38. The van der Waals surface area contributed by atoms with Crippen molar-refractivity contribution in [3.8, 4) is 0 Å². The van der Waals surface area contributed by atoms with Crippen LogP contribution in [0, 0.1) is 0 Å². The Labute approximate surface area is 131 Å². The Balaban J connectivity index is 1.49. The predicted octanol–water partition coefficient (Wildman–Crippen LogP) is 2.30. The Morgan fingerprint density at radius 2 is 1.84 bits per heavy atom. The van der Waals surface area contributed by atoms with Gasteiger partial charge in [-0.15, -0.1) is 0 Å². The normalized spacial score (nSPS) is 22.4. The van der Waals surface area contributed by atoms with Crippen molar-refractivity contribution in [3.63, 3.8) is 0 Å². The number of hydrogen-bond donors (Lipinski definition) is 1. The third kappa shape index (κ3) is 3.39. The van der Waals surface area contributed by atoms with Gasteiger partial charge in [0.1, 0.15) is 0 Å². The second-order valence-electron chi connectivity index (χ2n) is 5.38. The summed E-state index contributed by atoms with van der Waals surface area (Å²) in [6.45, 7) is 8.22. The van der Waals surface area contributed by atoms with Gasteiger partial charge in [0.05, 0.1) is 0 Å². The van der Waals surface area contributed by atoms with Crippen molar-refractivity contribution >= 4 is 31.9 Å². The molecule has 0 aromatic heterocycles. The lowest BCUT2D eigenvalue weighted by atomic mass is 10.0. The van der Waals surface area contributed by atoms with Crippen LogP contribution in [0.2, 0.25) is 0 Å². The summed E-state index contributed by atoms with van der Waals surface area (Å²) in [5.74, 6) is 0. The number of benzene rings is 1. The molecule has 1 aromatic rings. The van der Waals surface area contributed by atoms with Crippen LogP contribution in [0.5, 0.6) is 0 Å². The van der Waals surface area contributed by atoms with Crippen molar-refractivity contribution < 1.29 is 0 Å². The van der Waals surface area contributed by atoms with E-state index in [1.54, 1.807) is 0 Å². The molecule has 3 nitrogen and oxygen atoms in total. The van der Waals surface area contributed by atoms with Crippen molar-refractivity contribution in [1.29, 1.82) is 0 Å². The fourth-order valence-electron chi connectivity index (χ4n) is 2.85. The maximum atomic E-state index is 3.57. The second-order valence-corrected chi connectivity index (χ2v) is 7.09. The van der Waals surface area contributed by atoms with E-state index in [1.807, 2.05) is 0 Å². The summed E-state index contributed by atoms with van der Waals surface area (Å²) in [4.78, 5) is 5.16. The van der Waals surface area contributed by atoms with E-state index in [4.69, 9.17) is 0 Å². The zero-order valence-electron chi connectivity index (χ0n) is 10.9. The summed E-state index contributed by atoms with van der Waals surface area (Å²) in [6.07, 6.45) is 0. The van der Waals surface area contributed by atoms with Crippen LogP contribution in [-0.4, -0.2) is 55.1 Å². The molecular formula is C14H19Br2N3. The number of rotatable bonds is 3. The summed E-state index contributed by atoms with van der Waals surface area (Å²) < 4.78 is 2.27. The summed E-state index contributed by atoms with van der Waals surface area (Å²) in [7, 11) is 0. The molecule has 2 fully saturated rings. The van der Waals surface area contributed by atoms with Crippen LogP contribution >= 0.6 is 31.9 Å². The molecule has 0 spiro atoms. The molecule has 2 aliphatic rings. The van der Waals surface area contributed by atoms with E-state index in [9.17, 15) is 0 Å². The highest BCUT2D eigenvalue weighted by Gasteiger charge is 2.31. The SMILES string of the molecule is Brc1ccc(CN2CC(N3CCNCC3)C2)cc1Br. The maximum Gasteiger partial charge on any atom is 0.0351 e. The molecule has 104 valence electrons. The van der Waals surface area contributed by atoms with Crippen LogP contribution in [0.25, 0.3) is 0 Å². The number of piperazine rings is 1. The summed E-state index contributed by atoms with van der Waals surface area (Å²) in [6, 6.07) is 7.31. The third-order valence-corrected chi connectivity index (χ3v) is 5.88. The molecule has 0 atom stereocenters. The molecule has 5 heteroatoms. The Morgan fingerprint density at radius 1 is 1.11 bits per heavy atom. The van der Waals surface area contributed by atoms with Gasteiger partial charge in [0.2, 0.25) is 0 Å². The van der Waals surface area contributed by atoms with Crippen molar-refractivity contribution in [2.45, 2.75) is 12.6 Å². The first-order valence-electron chi connectivity index (χ1n) is 6.83. The molecule has 0 amide bonds. The molecule has 1 aromatic carbocycles. The number of nitrogens with zero attached hydrogens (tertiary/aromatic N) is 2. The Morgan fingerprint density at radius 3 is 2.53 bits per heavy atom. The summed E-state index contributed by atoms with van der Waals surface area (Å²) in [5, 5.41) is 3.42. The highest BCUT2D eigenvalue weighted by molar-refractivity contribution is 9.13. The van der Waals surface area contributed by atoms with Gasteiger partial charge in [-0.25, -0.2) is 0 Å². The highest BCUT2D eigenvalue weighted by Crippen LogP contribution is 2.25. The Bertz CT molecular complexity index is 440. The van der Waals surface area contributed by atoms with Gasteiger partial charge >= 0.3 is 0 Å². The van der Waals surface area contributed by atoms with E-state index in [0.717, 1.165) is 34.6 Å². The minimum atomic E-state index is 0.779. The topological polar surface area (TPSA) is 18.5 Å². The Hall–Kier alpha value is 0.0600. The van der Waals surface area contributed by atoms with Crippen LogP contribution in [0.3, 0.4) is 0 Å². The lowest BCUT2D eigenvalue weighted by molar-refractivity contribution is 0.0223. The van der Waals surface area contributed by atoms with Gasteiger partial charge in [0.25, 0.3) is 0 Å². The number of likely N-dealkylation sites (tertiary alicyclic amines) is 1. The van der Waals surface area contributed by atoms with Crippen LogP contribution < -0.4 is 5.32 Å². The minimum absolute atomic E-state index is 0.779. The van der Waals surface area contributed by atoms with Crippen LogP contribution in [-0.2, 0) is 6.54 Å². The van der Waals surface area contributed by atoms with Crippen molar-refractivity contribution in [1.82, 2.24) is 15.1 Å². The van der Waals surface area contributed by atoms with Gasteiger partial charge in [0, 0.05) is 60.8 Å². The lowest BCUT2D eigenvalue weighted by Crippen LogP contribution is -2.62. The van der Waals surface area contributed by atoms with Gasteiger partial charge in [-0.05, 0) is 49.6 Å². The number of halogens is 2. The molecule has 0 unspecified atom stereocenters. The van der Waals surface area contributed by atoms with E-state index in [1.165, 1.54) is 31.7 Å². The van der Waals surface area contributed by atoms with Crippen molar-refractivity contribution in [3.05, 3.63) is 32.7 Å². The van der Waals surface area contributed by atoms with Crippen molar-refractivity contribution in [2.24, 2.45) is 0 Å². The molecule has 0 aliphatic carbocycles. The number of nitrogens with one attached hydrogen (secondary N) is 1. The summed E-state index contributed by atoms with van der Waals surface area (Å²) in [5.41, 5.74) is 1.38. The van der Waals surface area contributed by atoms with E-state index in [2.05, 4.69) is 65.2 Å². The molecule has 2 saturated heterocycles. The van der Waals surface area contributed by atoms with E-state index in [0.29, 0.717) is 0 Å². The van der Waals surface area contributed by atoms with E-state index >= 15 is 0 Å². The smallest absolute Gasteiger partial charge is 0.0351 e. The monoisotopic (exact) mass is 387 g/mol. The molecule has 3 rings (SSSR count). The first-order chi connectivity index (χ1) is 9.22. The Kier molecular flexibility index (Phi) is 4.59. The maximum absolute atomic E-state index is 3.57. The highest BCUT2D eigenvalue weighted by atomic mass is 79.9. The molecule has 0 bridgehead atoms. The zero-order chi connectivity index (χ0) is 13.2. The van der Waals surface area contributed by atoms with Gasteiger partial charge in [0.15, 0.2) is 0 Å². The van der Waals surface area contributed by atoms with Gasteiger partial charge in [-0.1, -0.05) is 6.07 Å². The van der Waals surface area contributed by atoms with Crippen LogP contribution in [0.1, 0.15) is 5.56 Å². The molecule has 0 radical (unpaired) electrons. The largest absolute Gasteiger partial charge is 0.314 e. The zero-order valence-corrected chi connectivity index (χ0v) is 14.1. The predicted molar refractivity (Wildman–Crippen MR) is 85.3 cm³/mol. The standard InChI is InChI=1S/C14H19Br2N3/c15-13-2-1-11(7-14(13)16)8-18-9-12(10-18)19-5-3-17-4-6-19/h1-2,7,12,17H,3-6,8-10H2. The van der Waals surface area contributed by atoms with Gasteiger partial charge in [-0.3, -0.25) is 9.80 Å². The van der Waals surface area contributed by atoms with Gasteiger partial charge in [-0.2, -0.15) is 0 Å². The molecule has 19 heavy (non-hydrogen) atoms. The quantitative estimate of drug-likeness (QED) is 0.857. The lowest BCUT2D eigenvalue weighted by Gasteiger charge is -2.47. The fraction of sp³-hybridized carbons (Fsp3) is 0.571. The van der Waals surface area contributed by atoms with Gasteiger partial charge < -0.3 is 5.32 Å². The molecule has 2 aliphatic heterocycles. The summed E-state index contributed by atoms with van der Waals surface area (Å²) >= 11 is 7.08. The first-order valence-corrected chi connectivity index (χ1v) is 8.42. The van der Waals surface area contributed by atoms with E-state index in [-0.39, 0.29) is 0 Å². The van der Waals surface area contributed by atoms with E-state index < -0.39 is 0 Å². The van der Waals surface area contributed by atoms with Crippen LogP contribution in [0.15, 0.2) is 27.1 Å². The molecule has 1 N–H and O–H groups in total. The fourth-order valence-corrected chi connectivity index (χ4v) is 3.52. The molecule has 0 saturated carbocycles. The van der Waals surface area contributed by atoms with Crippen LogP contribution in [0.4, 0.5) is 0 Å². The van der Waals surface area contributed by atoms with Crippen molar-refractivity contribution in [2.75, 3.05) is 39.3 Å². The third-order valence-electron chi connectivity index (χ3n) is 4.00. The second kappa shape index (κ2) is 6.22. The number of hydrogen-bond acceptors (Lipinski definition) is 3. The molecule has 2 heterocycles. The minimum Gasteiger partial charge on any atom is -0.314 e. The average molecular weight is 389 g/mol. The molecular weight excluding hydrogens is 370 g/mol. The first kappa shape index (κ1) is 14.0.